The fraction of sp³-hybridized carbons (Fsp3) is 0.778. The number of unbranched alkanes of at least 4 members (excludes halogenated alkanes) is 2. The molecule has 5 heteroatoms. The van der Waals surface area contributed by atoms with Gasteiger partial charge in [-0.25, -0.2) is 0 Å². The van der Waals surface area contributed by atoms with Gasteiger partial charge in [-0.2, -0.15) is 0 Å². The van der Waals surface area contributed by atoms with Gasteiger partial charge in [0.2, 0.25) is 12.8 Å². The largest absolute Gasteiger partial charge is 2.00 e. The number of amides is 2. The molecular formula is C18H36N2O2Ti. The molecular weight excluding hydrogens is 324 g/mol. The van der Waals surface area contributed by atoms with Gasteiger partial charge >= 0.3 is 21.7 Å². The molecule has 2 atom stereocenters. The Morgan fingerprint density at radius 2 is 1.30 bits per heavy atom. The van der Waals surface area contributed by atoms with E-state index < -0.39 is 0 Å². The third-order valence-corrected chi connectivity index (χ3v) is 4.66. The van der Waals surface area contributed by atoms with E-state index in [-0.39, 0.29) is 54.1 Å². The summed E-state index contributed by atoms with van der Waals surface area (Å²) in [6, 6.07) is 0.403. The van der Waals surface area contributed by atoms with Gasteiger partial charge < -0.3 is 25.5 Å². The number of carbonyl (C=O) groups is 2. The van der Waals surface area contributed by atoms with E-state index in [1.54, 1.807) is 0 Å². The first kappa shape index (κ1) is 27.5. The first-order valence-electron chi connectivity index (χ1n) is 8.09. The third-order valence-electron chi connectivity index (χ3n) is 4.66. The summed E-state index contributed by atoms with van der Waals surface area (Å²) in [5, 5.41) is 5.89. The van der Waals surface area contributed by atoms with Crippen LogP contribution < -0.4 is 10.6 Å². The fourth-order valence-corrected chi connectivity index (χ4v) is 3.72. The molecule has 0 radical (unpaired) electrons. The van der Waals surface area contributed by atoms with Crippen molar-refractivity contribution in [2.45, 2.75) is 83.7 Å². The molecule has 23 heavy (non-hydrogen) atoms. The van der Waals surface area contributed by atoms with Crippen LogP contribution in [0.4, 0.5) is 0 Å². The summed E-state index contributed by atoms with van der Waals surface area (Å²) in [7, 11) is 0. The van der Waals surface area contributed by atoms with Gasteiger partial charge in [0, 0.05) is 12.1 Å². The Bertz CT molecular complexity index is 273. The Kier molecular flexibility index (Phi) is 18.2. The van der Waals surface area contributed by atoms with Crippen molar-refractivity contribution in [3.8, 4) is 0 Å². The Labute approximate surface area is 158 Å². The molecule has 0 aromatic rings. The molecule has 2 N–H and O–H groups in total. The van der Waals surface area contributed by atoms with Gasteiger partial charge in [0.1, 0.15) is 0 Å². The first-order chi connectivity index (χ1) is 9.69. The summed E-state index contributed by atoms with van der Waals surface area (Å²) in [5.41, 5.74) is 0.283. The zero-order valence-electron chi connectivity index (χ0n) is 15.5. The van der Waals surface area contributed by atoms with Crippen LogP contribution in [0.15, 0.2) is 0 Å². The van der Waals surface area contributed by atoms with E-state index in [4.69, 9.17) is 0 Å². The monoisotopic (exact) mass is 360 g/mol. The summed E-state index contributed by atoms with van der Waals surface area (Å²) in [5.74, 6) is 0. The van der Waals surface area contributed by atoms with E-state index in [0.717, 1.165) is 32.1 Å². The fourth-order valence-electron chi connectivity index (χ4n) is 3.72. The molecule has 0 saturated heterocycles. The zero-order valence-corrected chi connectivity index (χ0v) is 17.1. The van der Waals surface area contributed by atoms with Crippen molar-refractivity contribution in [3.05, 3.63) is 14.9 Å². The van der Waals surface area contributed by atoms with Gasteiger partial charge in [-0.1, -0.05) is 39.5 Å². The summed E-state index contributed by atoms with van der Waals surface area (Å²) in [4.78, 5) is 21.6. The summed E-state index contributed by atoms with van der Waals surface area (Å²) >= 11 is 0. The van der Waals surface area contributed by atoms with E-state index in [9.17, 15) is 9.59 Å². The van der Waals surface area contributed by atoms with Crippen LogP contribution in [0.5, 0.6) is 0 Å². The van der Waals surface area contributed by atoms with Crippen molar-refractivity contribution in [1.29, 1.82) is 0 Å². The average molecular weight is 360 g/mol. The van der Waals surface area contributed by atoms with E-state index >= 15 is 0 Å². The van der Waals surface area contributed by atoms with E-state index in [0.29, 0.717) is 0 Å². The predicted octanol–water partition coefficient (Wildman–Crippen LogP) is 3.66. The van der Waals surface area contributed by atoms with E-state index in [1.165, 1.54) is 38.5 Å². The normalized spacial score (nSPS) is 21.7. The van der Waals surface area contributed by atoms with Crippen molar-refractivity contribution >= 4 is 12.8 Å². The Morgan fingerprint density at radius 1 is 0.913 bits per heavy atom. The van der Waals surface area contributed by atoms with Crippen molar-refractivity contribution in [2.24, 2.45) is 5.41 Å². The maximum absolute atomic E-state index is 10.8. The van der Waals surface area contributed by atoms with Crippen LogP contribution in [0.1, 0.15) is 71.6 Å². The molecule has 1 aliphatic carbocycles. The van der Waals surface area contributed by atoms with Crippen LogP contribution in [0.3, 0.4) is 0 Å². The van der Waals surface area contributed by atoms with Gasteiger partial charge in [-0.05, 0) is 37.5 Å². The number of hydrogen-bond acceptors (Lipinski definition) is 2. The molecule has 0 aliphatic heterocycles. The molecule has 0 aromatic carbocycles. The molecule has 2 unspecified atom stereocenters. The Hall–Kier alpha value is -0.346. The summed E-state index contributed by atoms with van der Waals surface area (Å²) in [6.45, 7) is 4.44. The minimum atomic E-state index is 0. The smallest absolute Gasteiger partial charge is 0.358 e. The number of carbonyl (C=O) groups excluding carboxylic acids is 2. The van der Waals surface area contributed by atoms with Crippen molar-refractivity contribution < 1.29 is 31.3 Å². The molecule has 1 saturated carbocycles. The van der Waals surface area contributed by atoms with Crippen LogP contribution >= 0.6 is 0 Å². The van der Waals surface area contributed by atoms with Gasteiger partial charge in [0.25, 0.3) is 0 Å². The Morgan fingerprint density at radius 3 is 1.61 bits per heavy atom. The van der Waals surface area contributed by atoms with Crippen LogP contribution in [0.2, 0.25) is 0 Å². The summed E-state index contributed by atoms with van der Waals surface area (Å²) in [6.07, 6.45) is 11.8. The van der Waals surface area contributed by atoms with Gasteiger partial charge in [0.05, 0.1) is 0 Å². The van der Waals surface area contributed by atoms with Crippen LogP contribution in [-0.4, -0.2) is 24.9 Å². The maximum Gasteiger partial charge on any atom is 2.00 e. The van der Waals surface area contributed by atoms with Gasteiger partial charge in [-0.15, -0.1) is 0 Å². The molecule has 4 nitrogen and oxygen atoms in total. The van der Waals surface area contributed by atoms with Crippen LogP contribution in [-0.2, 0) is 31.3 Å². The number of rotatable bonds is 10. The summed E-state index contributed by atoms with van der Waals surface area (Å²) < 4.78 is 0. The standard InChI is InChI=1S/C16H30N2O2.2CH3.Ti/c1-3-5-7-16(8-6-4-2)10-14(17-12-19)9-15(11-16)18-13-20;;;/h12-15H,3-11H2,1-2H3,(H,17,19)(H,18,20);2*1H3;/q;2*-1;+2. The van der Waals surface area contributed by atoms with Crippen molar-refractivity contribution in [1.82, 2.24) is 10.6 Å². The number of nitrogens with one attached hydrogen (secondary N) is 2. The molecule has 0 heterocycles. The second kappa shape index (κ2) is 15.2. The molecule has 2 amide bonds. The van der Waals surface area contributed by atoms with E-state index in [2.05, 4.69) is 24.5 Å². The van der Waals surface area contributed by atoms with Crippen molar-refractivity contribution in [2.75, 3.05) is 0 Å². The van der Waals surface area contributed by atoms with E-state index in [1.807, 2.05) is 0 Å². The second-order valence-electron chi connectivity index (χ2n) is 6.31. The molecule has 1 aliphatic rings. The van der Waals surface area contributed by atoms with Gasteiger partial charge in [0.15, 0.2) is 0 Å². The molecule has 1 fully saturated rings. The molecule has 0 aromatic heterocycles. The number of hydrogen-bond donors (Lipinski definition) is 2. The second-order valence-corrected chi connectivity index (χ2v) is 6.31. The first-order valence-corrected chi connectivity index (χ1v) is 8.09. The Balaban J connectivity index is -0.00000133. The zero-order chi connectivity index (χ0) is 14.8. The third kappa shape index (κ3) is 9.51. The van der Waals surface area contributed by atoms with Crippen LogP contribution in [0, 0.1) is 20.3 Å². The quantitative estimate of drug-likeness (QED) is 0.355. The maximum atomic E-state index is 10.8. The molecule has 1 rings (SSSR count). The SMILES string of the molecule is CCCCC1(CCCC)CC(NC=O)CC(NC=O)C1.[CH3-].[CH3-].[Ti+2]. The molecule has 0 bridgehead atoms. The molecule has 134 valence electrons. The minimum Gasteiger partial charge on any atom is -0.358 e. The minimum absolute atomic E-state index is 0. The van der Waals surface area contributed by atoms with Gasteiger partial charge in [-0.3, -0.25) is 9.59 Å². The van der Waals surface area contributed by atoms with Crippen LogP contribution in [0.25, 0.3) is 0 Å². The topological polar surface area (TPSA) is 58.2 Å². The van der Waals surface area contributed by atoms with Crippen molar-refractivity contribution in [3.63, 3.8) is 0 Å². The molecule has 0 spiro atoms. The average Bonchev–Trinajstić information content (AvgIpc) is 2.44. The predicted molar refractivity (Wildman–Crippen MR) is 94.1 cm³/mol.